The molecule has 0 bridgehead atoms. The molecule has 3 rings (SSSR count). The van der Waals surface area contributed by atoms with Gasteiger partial charge in [-0.15, -0.1) is 0 Å². The van der Waals surface area contributed by atoms with E-state index in [0.29, 0.717) is 21.8 Å². The Balaban J connectivity index is 1.64. The first kappa shape index (κ1) is 16.6. The quantitative estimate of drug-likeness (QED) is 0.681. The van der Waals surface area contributed by atoms with Crippen molar-refractivity contribution in [1.82, 2.24) is 0 Å². The van der Waals surface area contributed by atoms with Crippen molar-refractivity contribution < 1.29 is 4.79 Å². The van der Waals surface area contributed by atoms with Crippen LogP contribution in [0.2, 0.25) is 5.02 Å². The van der Waals surface area contributed by atoms with Gasteiger partial charge in [-0.05, 0) is 72.8 Å². The van der Waals surface area contributed by atoms with Gasteiger partial charge < -0.3 is 10.6 Å². The molecule has 0 aliphatic rings. The number of nitrogens with zero attached hydrogens (tertiary/aromatic N) is 1. The minimum atomic E-state index is -0.190. The number of nitriles is 1. The lowest BCUT2D eigenvalue weighted by Crippen LogP contribution is -2.11. The number of hydrogen-bond acceptors (Lipinski definition) is 3. The number of carbonyl (C=O) groups excluding carboxylic acids is 1. The molecule has 0 heterocycles. The van der Waals surface area contributed by atoms with E-state index in [4.69, 9.17) is 16.9 Å². The van der Waals surface area contributed by atoms with Gasteiger partial charge >= 0.3 is 0 Å². The van der Waals surface area contributed by atoms with Crippen LogP contribution in [0.3, 0.4) is 0 Å². The zero-order chi connectivity index (χ0) is 17.6. The summed E-state index contributed by atoms with van der Waals surface area (Å²) in [4.78, 5) is 12.2. The van der Waals surface area contributed by atoms with E-state index < -0.39 is 0 Å². The van der Waals surface area contributed by atoms with E-state index >= 15 is 0 Å². The van der Waals surface area contributed by atoms with Gasteiger partial charge in [0.2, 0.25) is 0 Å². The molecule has 0 aliphatic heterocycles. The summed E-state index contributed by atoms with van der Waals surface area (Å²) in [6.45, 7) is 0. The SMILES string of the molecule is N#Cc1ccc(Nc2ccc(NC(=O)c3ccc(Cl)cc3)cc2)cc1. The molecule has 0 saturated heterocycles. The average Bonchev–Trinajstić information content (AvgIpc) is 2.64. The highest BCUT2D eigenvalue weighted by Gasteiger charge is 2.06. The Kier molecular flexibility index (Phi) is 4.98. The van der Waals surface area contributed by atoms with Gasteiger partial charge in [0.05, 0.1) is 11.6 Å². The number of nitrogens with one attached hydrogen (secondary N) is 2. The van der Waals surface area contributed by atoms with Crippen LogP contribution in [0, 0.1) is 11.3 Å². The monoisotopic (exact) mass is 347 g/mol. The molecular weight excluding hydrogens is 334 g/mol. The highest BCUT2D eigenvalue weighted by molar-refractivity contribution is 6.30. The molecule has 3 aromatic rings. The van der Waals surface area contributed by atoms with Crippen LogP contribution in [-0.4, -0.2) is 5.91 Å². The van der Waals surface area contributed by atoms with Gasteiger partial charge in [0.15, 0.2) is 0 Å². The number of halogens is 1. The van der Waals surface area contributed by atoms with Crippen molar-refractivity contribution in [2.75, 3.05) is 10.6 Å². The van der Waals surface area contributed by atoms with E-state index in [0.717, 1.165) is 11.4 Å². The van der Waals surface area contributed by atoms with Crippen LogP contribution < -0.4 is 10.6 Å². The van der Waals surface area contributed by atoms with Crippen LogP contribution in [0.4, 0.5) is 17.1 Å². The Morgan fingerprint density at radius 2 is 1.32 bits per heavy atom. The fourth-order valence-electron chi connectivity index (χ4n) is 2.24. The van der Waals surface area contributed by atoms with Crippen molar-refractivity contribution in [3.8, 4) is 6.07 Å². The lowest BCUT2D eigenvalue weighted by Gasteiger charge is -2.09. The van der Waals surface area contributed by atoms with Crippen LogP contribution in [0.5, 0.6) is 0 Å². The summed E-state index contributed by atoms with van der Waals surface area (Å²) >= 11 is 5.82. The van der Waals surface area contributed by atoms with Gasteiger partial charge in [0.25, 0.3) is 5.91 Å². The first-order valence-corrected chi connectivity index (χ1v) is 7.96. The largest absolute Gasteiger partial charge is 0.356 e. The summed E-state index contributed by atoms with van der Waals surface area (Å²) in [5.41, 5.74) is 3.63. The van der Waals surface area contributed by atoms with Gasteiger partial charge in [0, 0.05) is 27.6 Å². The number of carbonyl (C=O) groups is 1. The molecule has 0 unspecified atom stereocenters. The van der Waals surface area contributed by atoms with E-state index in [9.17, 15) is 4.79 Å². The second-order valence-corrected chi connectivity index (χ2v) is 5.79. The highest BCUT2D eigenvalue weighted by atomic mass is 35.5. The molecule has 0 aliphatic carbocycles. The zero-order valence-electron chi connectivity index (χ0n) is 13.2. The smallest absolute Gasteiger partial charge is 0.255 e. The molecule has 122 valence electrons. The van der Waals surface area contributed by atoms with E-state index in [1.807, 2.05) is 36.4 Å². The molecule has 2 N–H and O–H groups in total. The summed E-state index contributed by atoms with van der Waals surface area (Å²) in [6.07, 6.45) is 0. The van der Waals surface area contributed by atoms with E-state index in [1.165, 1.54) is 0 Å². The minimum absolute atomic E-state index is 0.190. The molecular formula is C20H14ClN3O. The van der Waals surface area contributed by atoms with E-state index in [-0.39, 0.29) is 5.91 Å². The van der Waals surface area contributed by atoms with Gasteiger partial charge in [-0.3, -0.25) is 4.79 Å². The van der Waals surface area contributed by atoms with Gasteiger partial charge in [-0.2, -0.15) is 5.26 Å². The second kappa shape index (κ2) is 7.52. The molecule has 5 heteroatoms. The van der Waals surface area contributed by atoms with Crippen molar-refractivity contribution in [2.45, 2.75) is 0 Å². The number of rotatable bonds is 4. The maximum Gasteiger partial charge on any atom is 0.255 e. The molecule has 0 fully saturated rings. The zero-order valence-corrected chi connectivity index (χ0v) is 13.9. The van der Waals surface area contributed by atoms with Crippen LogP contribution in [-0.2, 0) is 0 Å². The summed E-state index contributed by atoms with van der Waals surface area (Å²) in [7, 11) is 0. The molecule has 0 atom stereocenters. The summed E-state index contributed by atoms with van der Waals surface area (Å²) in [5, 5.41) is 15.5. The maximum atomic E-state index is 12.2. The molecule has 0 radical (unpaired) electrons. The Hall–Kier alpha value is -3.29. The average molecular weight is 348 g/mol. The summed E-state index contributed by atoms with van der Waals surface area (Å²) in [5.74, 6) is -0.190. The predicted octanol–water partition coefficient (Wildman–Crippen LogP) is 5.21. The molecule has 3 aromatic carbocycles. The molecule has 0 aromatic heterocycles. The Labute approximate surface area is 150 Å². The van der Waals surface area contributed by atoms with E-state index in [1.54, 1.807) is 36.4 Å². The normalized spacial score (nSPS) is 9.92. The van der Waals surface area contributed by atoms with Crippen molar-refractivity contribution in [3.63, 3.8) is 0 Å². The third-order valence-corrected chi connectivity index (χ3v) is 3.80. The van der Waals surface area contributed by atoms with Crippen molar-refractivity contribution in [3.05, 3.63) is 88.9 Å². The molecule has 1 amide bonds. The Morgan fingerprint density at radius 3 is 1.88 bits per heavy atom. The van der Waals surface area contributed by atoms with Crippen molar-refractivity contribution >= 4 is 34.6 Å². The van der Waals surface area contributed by atoms with Crippen LogP contribution in [0.25, 0.3) is 0 Å². The van der Waals surface area contributed by atoms with Crippen LogP contribution >= 0.6 is 11.6 Å². The first-order chi connectivity index (χ1) is 12.1. The Bertz CT molecular complexity index is 911. The third kappa shape index (κ3) is 4.37. The van der Waals surface area contributed by atoms with Crippen LogP contribution in [0.1, 0.15) is 15.9 Å². The number of benzene rings is 3. The fourth-order valence-corrected chi connectivity index (χ4v) is 2.36. The van der Waals surface area contributed by atoms with E-state index in [2.05, 4.69) is 16.7 Å². The molecule has 0 spiro atoms. The lowest BCUT2D eigenvalue weighted by molar-refractivity contribution is 0.102. The maximum absolute atomic E-state index is 12.2. The fraction of sp³-hybridized carbons (Fsp3) is 0. The second-order valence-electron chi connectivity index (χ2n) is 5.35. The topological polar surface area (TPSA) is 64.9 Å². The molecule has 0 saturated carbocycles. The first-order valence-electron chi connectivity index (χ1n) is 7.58. The van der Waals surface area contributed by atoms with Crippen molar-refractivity contribution in [2.24, 2.45) is 0 Å². The number of anilines is 3. The number of hydrogen-bond donors (Lipinski definition) is 2. The van der Waals surface area contributed by atoms with Gasteiger partial charge in [-0.1, -0.05) is 11.6 Å². The standard InChI is InChI=1S/C20H14ClN3O/c21-16-5-3-15(4-6-16)20(25)24-19-11-9-18(10-12-19)23-17-7-1-14(13-22)2-8-17/h1-12,23H,(H,24,25). The predicted molar refractivity (Wildman–Crippen MR) is 100 cm³/mol. The summed E-state index contributed by atoms with van der Waals surface area (Å²) < 4.78 is 0. The molecule has 25 heavy (non-hydrogen) atoms. The molecule has 4 nitrogen and oxygen atoms in total. The highest BCUT2D eigenvalue weighted by Crippen LogP contribution is 2.20. The summed E-state index contributed by atoms with van der Waals surface area (Å²) in [6, 6.07) is 23.4. The van der Waals surface area contributed by atoms with Crippen LogP contribution in [0.15, 0.2) is 72.8 Å². The minimum Gasteiger partial charge on any atom is -0.356 e. The number of amides is 1. The van der Waals surface area contributed by atoms with Gasteiger partial charge in [-0.25, -0.2) is 0 Å². The lowest BCUT2D eigenvalue weighted by atomic mass is 10.2. The Morgan fingerprint density at radius 1 is 0.800 bits per heavy atom. The third-order valence-electron chi connectivity index (χ3n) is 3.55. The van der Waals surface area contributed by atoms with Gasteiger partial charge in [0.1, 0.15) is 0 Å². The van der Waals surface area contributed by atoms with Crippen molar-refractivity contribution in [1.29, 1.82) is 5.26 Å².